The molecule has 0 spiro atoms. The molecule has 1 heterocycles. The number of rotatable bonds is 4. The normalized spacial score (nSPS) is 17.0. The molecule has 6 nitrogen and oxygen atoms in total. The lowest BCUT2D eigenvalue weighted by atomic mass is 9.90. The zero-order valence-corrected chi connectivity index (χ0v) is 12.1. The van der Waals surface area contributed by atoms with E-state index >= 15 is 0 Å². The zero-order valence-electron chi connectivity index (χ0n) is 12.1. The molecule has 0 bridgehead atoms. The van der Waals surface area contributed by atoms with Crippen molar-refractivity contribution in [1.82, 2.24) is 0 Å². The van der Waals surface area contributed by atoms with Gasteiger partial charge in [-0.2, -0.15) is 0 Å². The molecule has 0 radical (unpaired) electrons. The summed E-state index contributed by atoms with van der Waals surface area (Å²) in [6.45, 7) is 3.06. The predicted octanol–water partition coefficient (Wildman–Crippen LogP) is 1.31. The minimum atomic E-state index is -0.891. The molecule has 0 saturated carbocycles. The number of esters is 1. The first-order valence-electron chi connectivity index (χ1n) is 7.00. The average molecular weight is 292 g/mol. The molecule has 0 aromatic heterocycles. The van der Waals surface area contributed by atoms with Gasteiger partial charge in [0.1, 0.15) is 5.54 Å². The maximum atomic E-state index is 12.2. The van der Waals surface area contributed by atoms with Crippen LogP contribution in [0.15, 0.2) is 24.3 Å². The Morgan fingerprint density at radius 2 is 1.90 bits per heavy atom. The fourth-order valence-electron chi connectivity index (χ4n) is 2.12. The standard InChI is InChI=1S/C15H20N2O4/c1-2-21-13(18)11-3-5-12(6-4-11)17-14(19)15(16)7-9-20-10-8-15/h3-6H,2,7-10,16H2,1H3,(H,17,19). The first-order valence-corrected chi connectivity index (χ1v) is 7.00. The molecule has 0 unspecified atom stereocenters. The van der Waals surface area contributed by atoms with Crippen molar-refractivity contribution in [2.45, 2.75) is 25.3 Å². The molecule has 1 amide bonds. The summed E-state index contributed by atoms with van der Waals surface area (Å²) < 4.78 is 10.1. The smallest absolute Gasteiger partial charge is 0.338 e. The van der Waals surface area contributed by atoms with Crippen molar-refractivity contribution in [3.05, 3.63) is 29.8 Å². The van der Waals surface area contributed by atoms with E-state index in [9.17, 15) is 9.59 Å². The summed E-state index contributed by atoms with van der Waals surface area (Å²) in [4.78, 5) is 23.8. The Morgan fingerprint density at radius 1 is 1.29 bits per heavy atom. The van der Waals surface area contributed by atoms with E-state index in [1.54, 1.807) is 31.2 Å². The van der Waals surface area contributed by atoms with Gasteiger partial charge in [0.25, 0.3) is 0 Å². The number of hydrogen-bond donors (Lipinski definition) is 2. The third kappa shape index (κ3) is 3.80. The second kappa shape index (κ2) is 6.69. The van der Waals surface area contributed by atoms with Crippen LogP contribution in [0.1, 0.15) is 30.1 Å². The average Bonchev–Trinajstić information content (AvgIpc) is 2.49. The Labute approximate surface area is 123 Å². The SMILES string of the molecule is CCOC(=O)c1ccc(NC(=O)C2(N)CCOCC2)cc1. The highest BCUT2D eigenvalue weighted by molar-refractivity contribution is 5.98. The van der Waals surface area contributed by atoms with Crippen LogP contribution >= 0.6 is 0 Å². The highest BCUT2D eigenvalue weighted by atomic mass is 16.5. The van der Waals surface area contributed by atoms with Crippen LogP contribution in [-0.2, 0) is 14.3 Å². The van der Waals surface area contributed by atoms with E-state index in [2.05, 4.69) is 5.32 Å². The number of carbonyl (C=O) groups excluding carboxylic acids is 2. The largest absolute Gasteiger partial charge is 0.462 e. The first kappa shape index (κ1) is 15.5. The maximum absolute atomic E-state index is 12.2. The summed E-state index contributed by atoms with van der Waals surface area (Å²) >= 11 is 0. The number of anilines is 1. The molecular weight excluding hydrogens is 272 g/mol. The van der Waals surface area contributed by atoms with Crippen LogP contribution in [0.4, 0.5) is 5.69 Å². The number of hydrogen-bond acceptors (Lipinski definition) is 5. The van der Waals surface area contributed by atoms with Gasteiger partial charge in [0.05, 0.1) is 12.2 Å². The lowest BCUT2D eigenvalue weighted by Crippen LogP contribution is -2.54. The molecule has 0 aliphatic carbocycles. The third-order valence-corrected chi connectivity index (χ3v) is 3.49. The van der Waals surface area contributed by atoms with E-state index in [-0.39, 0.29) is 11.9 Å². The molecule has 1 aromatic carbocycles. The van der Waals surface area contributed by atoms with Gasteiger partial charge in [-0.3, -0.25) is 4.79 Å². The van der Waals surface area contributed by atoms with Gasteiger partial charge in [-0.15, -0.1) is 0 Å². The van der Waals surface area contributed by atoms with Crippen LogP contribution in [-0.4, -0.2) is 37.2 Å². The fourth-order valence-corrected chi connectivity index (χ4v) is 2.12. The van der Waals surface area contributed by atoms with E-state index in [1.807, 2.05) is 0 Å². The molecule has 21 heavy (non-hydrogen) atoms. The Kier molecular flexibility index (Phi) is 4.93. The number of nitrogens with two attached hydrogens (primary N) is 1. The van der Waals surface area contributed by atoms with Gasteiger partial charge in [-0.1, -0.05) is 0 Å². The van der Waals surface area contributed by atoms with Gasteiger partial charge in [0, 0.05) is 18.9 Å². The van der Waals surface area contributed by atoms with Gasteiger partial charge in [0.15, 0.2) is 0 Å². The summed E-state index contributed by atoms with van der Waals surface area (Å²) in [7, 11) is 0. The van der Waals surface area contributed by atoms with E-state index in [0.29, 0.717) is 43.9 Å². The van der Waals surface area contributed by atoms with Crippen LogP contribution in [0, 0.1) is 0 Å². The zero-order chi connectivity index (χ0) is 15.3. The summed E-state index contributed by atoms with van der Waals surface area (Å²) in [6, 6.07) is 6.54. The molecule has 6 heteroatoms. The van der Waals surface area contributed by atoms with Gasteiger partial charge < -0.3 is 20.5 Å². The van der Waals surface area contributed by atoms with E-state index in [4.69, 9.17) is 15.2 Å². The van der Waals surface area contributed by atoms with Gasteiger partial charge in [-0.05, 0) is 44.0 Å². The molecule has 3 N–H and O–H groups in total. The summed E-state index contributed by atoms with van der Waals surface area (Å²) in [5, 5.41) is 2.78. The van der Waals surface area contributed by atoms with Gasteiger partial charge in [0.2, 0.25) is 5.91 Å². The first-order chi connectivity index (χ1) is 10.0. The van der Waals surface area contributed by atoms with Crippen LogP contribution in [0.25, 0.3) is 0 Å². The lowest BCUT2D eigenvalue weighted by molar-refractivity contribution is -0.124. The number of ether oxygens (including phenoxy) is 2. The predicted molar refractivity (Wildman–Crippen MR) is 78.0 cm³/mol. The summed E-state index contributed by atoms with van der Waals surface area (Å²) in [5.41, 5.74) is 6.26. The van der Waals surface area contributed by atoms with Crippen LogP contribution in [0.2, 0.25) is 0 Å². The van der Waals surface area contributed by atoms with Crippen molar-refractivity contribution < 1.29 is 19.1 Å². The quantitative estimate of drug-likeness (QED) is 0.817. The van der Waals surface area contributed by atoms with E-state index in [0.717, 1.165) is 0 Å². The molecule has 2 rings (SSSR count). The molecule has 1 aliphatic rings. The van der Waals surface area contributed by atoms with Crippen LogP contribution in [0.5, 0.6) is 0 Å². The number of carbonyl (C=O) groups is 2. The molecule has 1 fully saturated rings. The monoisotopic (exact) mass is 292 g/mol. The molecule has 1 aliphatic heterocycles. The molecule has 1 saturated heterocycles. The highest BCUT2D eigenvalue weighted by Gasteiger charge is 2.35. The second-order valence-corrected chi connectivity index (χ2v) is 5.02. The van der Waals surface area contributed by atoms with E-state index < -0.39 is 5.54 Å². The minimum Gasteiger partial charge on any atom is -0.462 e. The van der Waals surface area contributed by atoms with Crippen molar-refractivity contribution in [2.24, 2.45) is 5.73 Å². The van der Waals surface area contributed by atoms with E-state index in [1.165, 1.54) is 0 Å². The molecule has 114 valence electrons. The van der Waals surface area contributed by atoms with Crippen molar-refractivity contribution in [2.75, 3.05) is 25.1 Å². The van der Waals surface area contributed by atoms with Crippen LogP contribution in [0.3, 0.4) is 0 Å². The Balaban J connectivity index is 1.99. The fraction of sp³-hybridized carbons (Fsp3) is 0.467. The topological polar surface area (TPSA) is 90.7 Å². The maximum Gasteiger partial charge on any atom is 0.338 e. The number of benzene rings is 1. The Hall–Kier alpha value is -1.92. The lowest BCUT2D eigenvalue weighted by Gasteiger charge is -2.31. The van der Waals surface area contributed by atoms with Crippen LogP contribution < -0.4 is 11.1 Å². The van der Waals surface area contributed by atoms with Crippen molar-refractivity contribution >= 4 is 17.6 Å². The van der Waals surface area contributed by atoms with Crippen molar-refractivity contribution in [3.63, 3.8) is 0 Å². The van der Waals surface area contributed by atoms with Crippen molar-refractivity contribution in [3.8, 4) is 0 Å². The third-order valence-electron chi connectivity index (χ3n) is 3.49. The Bertz CT molecular complexity index is 507. The molecule has 1 aromatic rings. The van der Waals surface area contributed by atoms with Crippen molar-refractivity contribution in [1.29, 1.82) is 0 Å². The number of nitrogens with one attached hydrogen (secondary N) is 1. The molecular formula is C15H20N2O4. The summed E-state index contributed by atoms with van der Waals surface area (Å²) in [6.07, 6.45) is 0.999. The highest BCUT2D eigenvalue weighted by Crippen LogP contribution is 2.20. The van der Waals surface area contributed by atoms with Gasteiger partial charge in [-0.25, -0.2) is 4.79 Å². The molecule has 0 atom stereocenters. The minimum absolute atomic E-state index is 0.227. The summed E-state index contributed by atoms with van der Waals surface area (Å²) in [5.74, 6) is -0.607. The van der Waals surface area contributed by atoms with Gasteiger partial charge >= 0.3 is 5.97 Å². The number of amides is 1. The second-order valence-electron chi connectivity index (χ2n) is 5.02. The Morgan fingerprint density at radius 3 is 2.48 bits per heavy atom.